The van der Waals surface area contributed by atoms with E-state index in [9.17, 15) is 19.0 Å². The second-order valence-electron chi connectivity index (χ2n) is 18.6. The van der Waals surface area contributed by atoms with Crippen molar-refractivity contribution in [2.75, 3.05) is 47.5 Å². The number of nitrogens with zero attached hydrogens (tertiary/aromatic N) is 1. The fourth-order valence-corrected chi connectivity index (χ4v) is 7.96. The van der Waals surface area contributed by atoms with Crippen LogP contribution < -0.4 is 0 Å². The molecule has 0 spiro atoms. The molecule has 2 unspecified atom stereocenters. The molecular weight excluding hydrogens is 786 g/mol. The predicted octanol–water partition coefficient (Wildman–Crippen LogP) is 15.1. The first-order valence-electron chi connectivity index (χ1n) is 25.6. The number of phosphoric ester groups is 1. The van der Waals surface area contributed by atoms with Crippen molar-refractivity contribution in [3.05, 3.63) is 24.3 Å². The van der Waals surface area contributed by atoms with Crippen molar-refractivity contribution in [3.63, 3.8) is 0 Å². The highest BCUT2D eigenvalue weighted by Gasteiger charge is 2.27. The maximum atomic E-state index is 12.7. The number of phosphoric acid groups is 1. The topological polar surface area (TPSA) is 108 Å². The van der Waals surface area contributed by atoms with E-state index in [4.69, 9.17) is 18.5 Å². The smallest absolute Gasteiger partial charge is 0.462 e. The summed E-state index contributed by atoms with van der Waals surface area (Å²) in [6.45, 7) is 4.43. The standard InChI is InChI=1S/C51H98NO8P/c1-6-8-10-12-14-16-18-20-22-24-25-26-28-29-31-33-35-37-39-41-43-50(53)57-47-49(48-59-61(55,56)58-46-45-52(3,4)5)60-51(54)44-42-40-38-36-34-32-30-27-23-21-19-17-15-13-11-9-7-2/h15,17,21,23,49H,6-14,16,18-20,22,24-48H2,1-5H3/p+1/b17-15-,23-21-. The Morgan fingerprint density at radius 3 is 1.33 bits per heavy atom. The van der Waals surface area contributed by atoms with E-state index in [0.29, 0.717) is 23.9 Å². The largest absolute Gasteiger partial charge is 0.472 e. The van der Waals surface area contributed by atoms with Crippen molar-refractivity contribution >= 4 is 19.8 Å². The summed E-state index contributed by atoms with van der Waals surface area (Å²) >= 11 is 0. The first-order chi connectivity index (χ1) is 29.5. The van der Waals surface area contributed by atoms with Crippen LogP contribution >= 0.6 is 7.82 Å². The number of carbonyl (C=O) groups is 2. The lowest BCUT2D eigenvalue weighted by Gasteiger charge is -2.24. The lowest BCUT2D eigenvalue weighted by molar-refractivity contribution is -0.870. The Balaban J connectivity index is 4.23. The number of quaternary nitrogens is 1. The van der Waals surface area contributed by atoms with Gasteiger partial charge < -0.3 is 18.9 Å². The predicted molar refractivity (Wildman–Crippen MR) is 257 cm³/mol. The molecule has 0 aromatic rings. The van der Waals surface area contributed by atoms with Crippen LogP contribution in [0.5, 0.6) is 0 Å². The second-order valence-corrected chi connectivity index (χ2v) is 20.0. The summed E-state index contributed by atoms with van der Waals surface area (Å²) in [5.41, 5.74) is 0. The van der Waals surface area contributed by atoms with Gasteiger partial charge in [0.2, 0.25) is 0 Å². The Labute approximate surface area is 377 Å². The van der Waals surface area contributed by atoms with Gasteiger partial charge in [-0.3, -0.25) is 18.6 Å². The minimum atomic E-state index is -4.38. The molecule has 1 N–H and O–H groups in total. The van der Waals surface area contributed by atoms with Crippen molar-refractivity contribution in [2.24, 2.45) is 0 Å². The Hall–Kier alpha value is -1.51. The zero-order valence-corrected chi connectivity index (χ0v) is 41.6. The van der Waals surface area contributed by atoms with Gasteiger partial charge in [0.1, 0.15) is 19.8 Å². The third-order valence-corrected chi connectivity index (χ3v) is 12.2. The highest BCUT2D eigenvalue weighted by molar-refractivity contribution is 7.47. The van der Waals surface area contributed by atoms with E-state index in [1.54, 1.807) is 0 Å². The third-order valence-electron chi connectivity index (χ3n) is 11.2. The maximum absolute atomic E-state index is 12.7. The molecule has 0 aromatic heterocycles. The van der Waals surface area contributed by atoms with Crippen LogP contribution in [0.4, 0.5) is 0 Å². The number of esters is 2. The fourth-order valence-electron chi connectivity index (χ4n) is 7.22. The lowest BCUT2D eigenvalue weighted by atomic mass is 10.0. The molecule has 9 nitrogen and oxygen atoms in total. The monoisotopic (exact) mass is 885 g/mol. The molecule has 2 atom stereocenters. The number of unbranched alkanes of at least 4 members (excludes halogenated alkanes) is 29. The number of hydrogen-bond donors (Lipinski definition) is 1. The van der Waals surface area contributed by atoms with E-state index in [1.807, 2.05) is 21.1 Å². The molecule has 0 aromatic carbocycles. The van der Waals surface area contributed by atoms with Crippen LogP contribution in [0, 0.1) is 0 Å². The van der Waals surface area contributed by atoms with Crippen molar-refractivity contribution in [3.8, 4) is 0 Å². The number of carbonyl (C=O) groups excluding carboxylic acids is 2. The highest BCUT2D eigenvalue weighted by atomic mass is 31.2. The molecule has 0 saturated carbocycles. The molecule has 0 radical (unpaired) electrons. The molecule has 61 heavy (non-hydrogen) atoms. The number of allylic oxidation sites excluding steroid dienone is 4. The number of likely N-dealkylation sites (N-methyl/N-ethyl adjacent to an activating group) is 1. The van der Waals surface area contributed by atoms with Crippen molar-refractivity contribution in [1.29, 1.82) is 0 Å². The van der Waals surface area contributed by atoms with Gasteiger partial charge >= 0.3 is 19.8 Å². The minimum absolute atomic E-state index is 0.0321. The second kappa shape index (κ2) is 43.7. The Bertz CT molecular complexity index is 1090. The Morgan fingerprint density at radius 1 is 0.508 bits per heavy atom. The first-order valence-corrected chi connectivity index (χ1v) is 27.1. The normalized spacial score (nSPS) is 13.6. The molecule has 0 aliphatic rings. The van der Waals surface area contributed by atoms with Crippen LogP contribution in [0.2, 0.25) is 0 Å². The molecule has 0 saturated heterocycles. The summed E-state index contributed by atoms with van der Waals surface area (Å²) < 4.78 is 34.4. The van der Waals surface area contributed by atoms with E-state index in [-0.39, 0.29) is 25.6 Å². The van der Waals surface area contributed by atoms with Gasteiger partial charge in [0, 0.05) is 12.8 Å². The van der Waals surface area contributed by atoms with Gasteiger partial charge in [0.05, 0.1) is 27.7 Å². The SMILES string of the molecule is CCCCC/C=C\C/C=C\CCCCCCCCCC(=O)OC(COC(=O)CCCCCCCCCCCCCCCCCCCCCC)COP(=O)(O)OCC[N+](C)(C)C. The molecule has 0 aliphatic heterocycles. The maximum Gasteiger partial charge on any atom is 0.472 e. The van der Waals surface area contributed by atoms with Crippen LogP contribution in [-0.4, -0.2) is 74.9 Å². The average Bonchev–Trinajstić information content (AvgIpc) is 3.21. The molecule has 0 aliphatic carbocycles. The number of rotatable bonds is 47. The lowest BCUT2D eigenvalue weighted by Crippen LogP contribution is -2.37. The summed E-state index contributed by atoms with van der Waals surface area (Å²) in [5, 5.41) is 0. The number of hydrogen-bond acceptors (Lipinski definition) is 7. The average molecular weight is 885 g/mol. The van der Waals surface area contributed by atoms with Crippen LogP contribution in [0.25, 0.3) is 0 Å². The van der Waals surface area contributed by atoms with Gasteiger partial charge in [0.25, 0.3) is 0 Å². The molecule has 0 fully saturated rings. The van der Waals surface area contributed by atoms with E-state index in [2.05, 4.69) is 38.2 Å². The van der Waals surface area contributed by atoms with Crippen LogP contribution in [-0.2, 0) is 32.7 Å². The van der Waals surface area contributed by atoms with Gasteiger partial charge in [-0.2, -0.15) is 0 Å². The zero-order chi connectivity index (χ0) is 45.0. The van der Waals surface area contributed by atoms with Gasteiger partial charge in [-0.05, 0) is 44.9 Å². The minimum Gasteiger partial charge on any atom is -0.462 e. The van der Waals surface area contributed by atoms with Crippen LogP contribution in [0.3, 0.4) is 0 Å². The molecule has 10 heteroatoms. The summed E-state index contributed by atoms with van der Waals surface area (Å²) in [4.78, 5) is 35.5. The first kappa shape index (κ1) is 59.5. The quantitative estimate of drug-likeness (QED) is 0.0212. The molecule has 0 amide bonds. The summed E-state index contributed by atoms with van der Waals surface area (Å²) in [6.07, 6.45) is 49.4. The third kappa shape index (κ3) is 47.8. The van der Waals surface area contributed by atoms with Gasteiger partial charge in [-0.25, -0.2) is 4.57 Å². The van der Waals surface area contributed by atoms with Crippen LogP contribution in [0.1, 0.15) is 239 Å². The molecule has 360 valence electrons. The van der Waals surface area contributed by atoms with E-state index < -0.39 is 26.5 Å². The zero-order valence-electron chi connectivity index (χ0n) is 40.7. The van der Waals surface area contributed by atoms with Crippen molar-refractivity contribution in [2.45, 2.75) is 245 Å². The van der Waals surface area contributed by atoms with Crippen molar-refractivity contribution in [1.82, 2.24) is 0 Å². The molecular formula is C51H99NO8P+. The van der Waals surface area contributed by atoms with Crippen LogP contribution in [0.15, 0.2) is 24.3 Å². The highest BCUT2D eigenvalue weighted by Crippen LogP contribution is 2.43. The van der Waals surface area contributed by atoms with Gasteiger partial charge in [-0.1, -0.05) is 205 Å². The number of ether oxygens (including phenoxy) is 2. The van der Waals surface area contributed by atoms with E-state index >= 15 is 0 Å². The fraction of sp³-hybridized carbons (Fsp3) is 0.882. The summed E-state index contributed by atoms with van der Waals surface area (Å²) in [5.74, 6) is -0.795. The van der Waals surface area contributed by atoms with Gasteiger partial charge in [-0.15, -0.1) is 0 Å². The summed E-state index contributed by atoms with van der Waals surface area (Å²) in [7, 11) is 1.48. The molecule has 0 rings (SSSR count). The van der Waals surface area contributed by atoms with E-state index in [0.717, 1.165) is 51.4 Å². The van der Waals surface area contributed by atoms with Gasteiger partial charge in [0.15, 0.2) is 6.10 Å². The summed E-state index contributed by atoms with van der Waals surface area (Å²) in [6, 6.07) is 0. The van der Waals surface area contributed by atoms with Crippen molar-refractivity contribution < 1.29 is 42.1 Å². The Morgan fingerprint density at radius 2 is 0.885 bits per heavy atom. The molecule has 0 heterocycles. The molecule has 0 bridgehead atoms. The van der Waals surface area contributed by atoms with E-state index in [1.165, 1.54) is 154 Å². The Kier molecular flexibility index (Phi) is 42.6.